The van der Waals surface area contributed by atoms with Crippen molar-refractivity contribution in [3.63, 3.8) is 0 Å². The molecule has 3 rings (SSSR count). The maximum Gasteiger partial charge on any atom is 0.246 e. The van der Waals surface area contributed by atoms with Crippen LogP contribution in [-0.2, 0) is 6.54 Å². The molecule has 3 nitrogen and oxygen atoms in total. The van der Waals surface area contributed by atoms with Crippen LogP contribution in [0.15, 0.2) is 42.5 Å². The monoisotopic (exact) mass is 269 g/mol. The predicted molar refractivity (Wildman–Crippen MR) is 80.3 cm³/mol. The Kier molecular flexibility index (Phi) is 3.05. The van der Waals surface area contributed by atoms with E-state index in [-0.39, 0.29) is 0 Å². The van der Waals surface area contributed by atoms with Gasteiger partial charge < -0.3 is 14.8 Å². The largest absolute Gasteiger partial charge is 0.449 e. The third-order valence-electron chi connectivity index (χ3n) is 3.27. The zero-order valence-electron chi connectivity index (χ0n) is 12.1. The first kappa shape index (κ1) is 12.9. The number of hydrogen-bond donors (Lipinski definition) is 1. The van der Waals surface area contributed by atoms with Crippen LogP contribution in [0.5, 0.6) is 11.5 Å². The molecule has 0 radical (unpaired) electrons. The summed E-state index contributed by atoms with van der Waals surface area (Å²) >= 11 is 0. The number of aryl methyl sites for hydroxylation is 1. The summed E-state index contributed by atoms with van der Waals surface area (Å²) in [6.07, 6.45) is 0. The van der Waals surface area contributed by atoms with Gasteiger partial charge in [0.1, 0.15) is 0 Å². The lowest BCUT2D eigenvalue weighted by Gasteiger charge is -2.16. The summed E-state index contributed by atoms with van der Waals surface area (Å²) in [5, 5.41) is 3.40. The highest BCUT2D eigenvalue weighted by Gasteiger charge is 2.31. The van der Waals surface area contributed by atoms with E-state index in [9.17, 15) is 0 Å². The zero-order chi connectivity index (χ0) is 14.2. The Morgan fingerprint density at radius 1 is 0.950 bits per heavy atom. The smallest absolute Gasteiger partial charge is 0.246 e. The highest BCUT2D eigenvalue weighted by molar-refractivity contribution is 5.56. The van der Waals surface area contributed by atoms with Crippen LogP contribution < -0.4 is 14.8 Å². The normalized spacial score (nSPS) is 15.2. The molecule has 0 atom stereocenters. The second-order valence-corrected chi connectivity index (χ2v) is 5.60. The maximum atomic E-state index is 5.74. The minimum Gasteiger partial charge on any atom is -0.449 e. The van der Waals surface area contributed by atoms with Gasteiger partial charge in [0.25, 0.3) is 0 Å². The number of benzene rings is 2. The Labute approximate surface area is 119 Å². The summed E-state index contributed by atoms with van der Waals surface area (Å²) in [5.41, 5.74) is 3.57. The SMILES string of the molecule is Cc1ccc(CNc2ccc3c(c2)OC(C)(C)O3)cc1. The maximum absolute atomic E-state index is 5.74. The molecule has 0 aromatic heterocycles. The summed E-state index contributed by atoms with van der Waals surface area (Å²) in [7, 11) is 0. The van der Waals surface area contributed by atoms with Crippen LogP contribution in [0.4, 0.5) is 5.69 Å². The van der Waals surface area contributed by atoms with Gasteiger partial charge in [0.15, 0.2) is 11.5 Å². The Balaban J connectivity index is 1.69. The minimum atomic E-state index is -0.572. The molecule has 3 heteroatoms. The van der Waals surface area contributed by atoms with Gasteiger partial charge in [-0.05, 0) is 24.6 Å². The Hall–Kier alpha value is -2.16. The first-order chi connectivity index (χ1) is 9.52. The Morgan fingerprint density at radius 2 is 1.65 bits per heavy atom. The van der Waals surface area contributed by atoms with Gasteiger partial charge in [-0.3, -0.25) is 0 Å². The number of hydrogen-bond acceptors (Lipinski definition) is 3. The Morgan fingerprint density at radius 3 is 2.40 bits per heavy atom. The lowest BCUT2D eigenvalue weighted by molar-refractivity contribution is -0.0431. The molecular weight excluding hydrogens is 250 g/mol. The third-order valence-corrected chi connectivity index (χ3v) is 3.27. The Bertz CT molecular complexity index is 617. The van der Waals surface area contributed by atoms with E-state index in [1.165, 1.54) is 11.1 Å². The molecule has 0 aliphatic carbocycles. The number of nitrogens with one attached hydrogen (secondary N) is 1. The molecule has 1 aliphatic rings. The number of anilines is 1. The van der Waals surface area contributed by atoms with Gasteiger partial charge in [0.05, 0.1) is 0 Å². The van der Waals surface area contributed by atoms with Crippen molar-refractivity contribution in [2.75, 3.05) is 5.32 Å². The lowest BCUT2D eigenvalue weighted by atomic mass is 10.1. The van der Waals surface area contributed by atoms with Crippen LogP contribution in [0.2, 0.25) is 0 Å². The van der Waals surface area contributed by atoms with Crippen LogP contribution in [0.3, 0.4) is 0 Å². The average molecular weight is 269 g/mol. The van der Waals surface area contributed by atoms with Crippen molar-refractivity contribution < 1.29 is 9.47 Å². The standard InChI is InChI=1S/C17H19NO2/c1-12-4-6-13(7-5-12)11-18-14-8-9-15-16(10-14)20-17(2,3)19-15/h4-10,18H,11H2,1-3H3. The molecule has 0 saturated heterocycles. The summed E-state index contributed by atoms with van der Waals surface area (Å²) in [6, 6.07) is 14.5. The topological polar surface area (TPSA) is 30.5 Å². The van der Waals surface area contributed by atoms with Crippen LogP contribution in [0.25, 0.3) is 0 Å². The highest BCUT2D eigenvalue weighted by atomic mass is 16.7. The van der Waals surface area contributed by atoms with Crippen LogP contribution in [0, 0.1) is 6.92 Å². The van der Waals surface area contributed by atoms with Gasteiger partial charge in [0, 0.05) is 32.1 Å². The van der Waals surface area contributed by atoms with Crippen molar-refractivity contribution >= 4 is 5.69 Å². The van der Waals surface area contributed by atoms with E-state index in [0.29, 0.717) is 0 Å². The van der Waals surface area contributed by atoms with Gasteiger partial charge >= 0.3 is 0 Å². The summed E-state index contributed by atoms with van der Waals surface area (Å²) < 4.78 is 11.4. The van der Waals surface area contributed by atoms with Gasteiger partial charge in [-0.2, -0.15) is 0 Å². The summed E-state index contributed by atoms with van der Waals surface area (Å²) in [6.45, 7) is 6.71. The van der Waals surface area contributed by atoms with Crippen LogP contribution >= 0.6 is 0 Å². The molecule has 2 aromatic carbocycles. The average Bonchev–Trinajstić information content (AvgIpc) is 2.71. The van der Waals surface area contributed by atoms with E-state index in [2.05, 4.69) is 36.5 Å². The second-order valence-electron chi connectivity index (χ2n) is 5.60. The quantitative estimate of drug-likeness (QED) is 0.909. The van der Waals surface area contributed by atoms with E-state index < -0.39 is 5.79 Å². The van der Waals surface area contributed by atoms with Crippen LogP contribution in [0.1, 0.15) is 25.0 Å². The first-order valence-corrected chi connectivity index (χ1v) is 6.83. The zero-order valence-corrected chi connectivity index (χ0v) is 12.1. The fourth-order valence-electron chi connectivity index (χ4n) is 2.24. The first-order valence-electron chi connectivity index (χ1n) is 6.83. The second kappa shape index (κ2) is 4.75. The predicted octanol–water partition coefficient (Wildman–Crippen LogP) is 4.11. The molecule has 1 N–H and O–H groups in total. The fraction of sp³-hybridized carbons (Fsp3) is 0.294. The van der Waals surface area contributed by atoms with Crippen molar-refractivity contribution in [1.82, 2.24) is 0 Å². The molecule has 1 heterocycles. The summed E-state index contributed by atoms with van der Waals surface area (Å²) in [5.74, 6) is 1.03. The molecule has 0 unspecified atom stereocenters. The molecule has 0 bridgehead atoms. The van der Waals surface area contributed by atoms with E-state index in [1.54, 1.807) is 0 Å². The van der Waals surface area contributed by atoms with Gasteiger partial charge in [-0.1, -0.05) is 29.8 Å². The number of ether oxygens (including phenoxy) is 2. The molecule has 0 fully saturated rings. The fourth-order valence-corrected chi connectivity index (χ4v) is 2.24. The highest BCUT2D eigenvalue weighted by Crippen LogP contribution is 2.40. The molecule has 0 amide bonds. The van der Waals surface area contributed by atoms with Gasteiger partial charge in [0.2, 0.25) is 5.79 Å². The molecule has 1 aliphatic heterocycles. The van der Waals surface area contributed by atoms with Gasteiger partial charge in [-0.15, -0.1) is 0 Å². The van der Waals surface area contributed by atoms with Crippen molar-refractivity contribution in [1.29, 1.82) is 0 Å². The molecular formula is C17H19NO2. The molecule has 0 saturated carbocycles. The van der Waals surface area contributed by atoms with E-state index in [1.807, 2.05) is 32.0 Å². The number of fused-ring (bicyclic) bond motifs is 1. The molecule has 20 heavy (non-hydrogen) atoms. The van der Waals surface area contributed by atoms with Crippen molar-refractivity contribution in [3.8, 4) is 11.5 Å². The van der Waals surface area contributed by atoms with Crippen molar-refractivity contribution in [3.05, 3.63) is 53.6 Å². The van der Waals surface area contributed by atoms with E-state index in [4.69, 9.17) is 9.47 Å². The summed E-state index contributed by atoms with van der Waals surface area (Å²) in [4.78, 5) is 0. The van der Waals surface area contributed by atoms with Crippen molar-refractivity contribution in [2.45, 2.75) is 33.1 Å². The number of rotatable bonds is 3. The van der Waals surface area contributed by atoms with Gasteiger partial charge in [-0.25, -0.2) is 0 Å². The molecule has 2 aromatic rings. The van der Waals surface area contributed by atoms with E-state index >= 15 is 0 Å². The minimum absolute atomic E-state index is 0.572. The van der Waals surface area contributed by atoms with Crippen molar-refractivity contribution in [2.24, 2.45) is 0 Å². The third kappa shape index (κ3) is 2.72. The molecule has 104 valence electrons. The lowest BCUT2D eigenvalue weighted by Crippen LogP contribution is -2.29. The molecule has 0 spiro atoms. The van der Waals surface area contributed by atoms with E-state index in [0.717, 1.165) is 23.7 Å². The van der Waals surface area contributed by atoms with Crippen LogP contribution in [-0.4, -0.2) is 5.79 Å².